The summed E-state index contributed by atoms with van der Waals surface area (Å²) >= 11 is 1.86. The van der Waals surface area contributed by atoms with Crippen LogP contribution in [0.1, 0.15) is 0 Å². The van der Waals surface area contributed by atoms with Gasteiger partial charge in [-0.1, -0.05) is 0 Å². The lowest BCUT2D eigenvalue weighted by Gasteiger charge is -2.11. The molecule has 0 aliphatic carbocycles. The first-order valence-corrected chi connectivity index (χ1v) is 4.54. The molecule has 4 heteroatoms. The third kappa shape index (κ3) is 8.98. The lowest BCUT2D eigenvalue weighted by atomic mass is 10.4. The van der Waals surface area contributed by atoms with Crippen LogP contribution in [0.4, 0.5) is 0 Å². The summed E-state index contributed by atoms with van der Waals surface area (Å²) in [7, 11) is 0. The van der Waals surface area contributed by atoms with Gasteiger partial charge in [-0.3, -0.25) is 0 Å². The molecule has 0 unspecified atom stereocenters. The van der Waals surface area contributed by atoms with Crippen molar-refractivity contribution in [3.05, 3.63) is 0 Å². The molecule has 2 N–H and O–H groups in total. The van der Waals surface area contributed by atoms with Crippen LogP contribution in [0.25, 0.3) is 0 Å². The smallest absolute Gasteiger partial charge is 0.314 e. The van der Waals surface area contributed by atoms with Crippen LogP contribution in [-0.2, 0) is 0 Å². The van der Waals surface area contributed by atoms with Gasteiger partial charge in [-0.05, 0) is 0 Å². The molecular weight excluding hydrogens is 148 g/mol. The zero-order valence-electron chi connectivity index (χ0n) is 5.94. The molecule has 0 aromatic heterocycles. The molecule has 1 heterocycles. The molecule has 1 aliphatic heterocycles. The molecule has 2 nitrogen and oxygen atoms in total. The highest BCUT2D eigenvalue weighted by Gasteiger charge is 1.99. The van der Waals surface area contributed by atoms with E-state index in [1.54, 1.807) is 0 Å². The van der Waals surface area contributed by atoms with Crippen LogP contribution in [0.2, 0.25) is 5.05 Å². The fourth-order valence-corrected chi connectivity index (χ4v) is 0.604. The van der Waals surface area contributed by atoms with Crippen molar-refractivity contribution < 1.29 is 0 Å². The van der Waals surface area contributed by atoms with E-state index in [1.807, 2.05) is 26.8 Å². The van der Waals surface area contributed by atoms with Gasteiger partial charge in [0.15, 0.2) is 0 Å². The average Bonchev–Trinajstić information content (AvgIpc) is 1.96. The second-order valence-electron chi connectivity index (χ2n) is 1.50. The normalized spacial score (nSPS) is 16.7. The molecule has 1 aliphatic rings. The maximum atomic E-state index is 3.22. The molecular formula is C5H14ClMgN2+2. The van der Waals surface area contributed by atoms with Crippen molar-refractivity contribution >= 4 is 34.1 Å². The predicted molar refractivity (Wildman–Crippen MR) is 44.6 cm³/mol. The molecule has 1 rings (SSSR count). The molecule has 0 atom stereocenters. The van der Waals surface area contributed by atoms with Gasteiger partial charge < -0.3 is 10.6 Å². The first-order chi connectivity index (χ1) is 4.00. The van der Waals surface area contributed by atoms with E-state index in [0.29, 0.717) is 0 Å². The van der Waals surface area contributed by atoms with Gasteiger partial charge in [-0.25, -0.2) is 0 Å². The Morgan fingerprint density at radius 3 is 1.22 bits per heavy atom. The Hall–Kier alpha value is 0.976. The van der Waals surface area contributed by atoms with E-state index in [9.17, 15) is 0 Å². The Kier molecular flexibility index (Phi) is 16.5. The predicted octanol–water partition coefficient (Wildman–Crippen LogP) is -0.196. The maximum absolute atomic E-state index is 3.22. The molecule has 0 aromatic carbocycles. The van der Waals surface area contributed by atoms with Gasteiger partial charge in [0.25, 0.3) is 5.05 Å². The van der Waals surface area contributed by atoms with Crippen molar-refractivity contribution in [2.45, 2.75) is 5.05 Å². The summed E-state index contributed by atoms with van der Waals surface area (Å²) in [5.41, 5.74) is 0. The molecule has 51 valence electrons. The third-order valence-electron chi connectivity index (χ3n) is 0.957. The van der Waals surface area contributed by atoms with E-state index in [0.717, 1.165) is 26.2 Å². The maximum Gasteiger partial charge on any atom is 1.41 e. The van der Waals surface area contributed by atoms with E-state index in [2.05, 4.69) is 10.6 Å². The molecule has 7 radical (unpaired) electrons. The van der Waals surface area contributed by atoms with Gasteiger partial charge in [0.05, 0.1) is 0 Å². The van der Waals surface area contributed by atoms with Crippen LogP contribution in [0.5, 0.6) is 0 Å². The van der Waals surface area contributed by atoms with Gasteiger partial charge in [0.2, 0.25) is 0 Å². The summed E-state index contributed by atoms with van der Waals surface area (Å²) in [6.07, 6.45) is 0. The quantitative estimate of drug-likeness (QED) is 0.482. The van der Waals surface area contributed by atoms with Gasteiger partial charge in [-0.2, -0.15) is 0 Å². The lowest BCUT2D eigenvalue weighted by Crippen LogP contribution is -2.39. The van der Waals surface area contributed by atoms with E-state index < -0.39 is 0 Å². The zero-order chi connectivity index (χ0) is 6.24. The second-order valence-corrected chi connectivity index (χ2v) is 1.50. The Morgan fingerprint density at radius 1 is 0.889 bits per heavy atom. The Labute approximate surface area is 76.0 Å². The summed E-state index contributed by atoms with van der Waals surface area (Å²) in [6.45, 7) is 4.56. The van der Waals surface area contributed by atoms with Gasteiger partial charge in [-0.15, -0.1) is 12.4 Å². The van der Waals surface area contributed by atoms with E-state index in [1.165, 1.54) is 0 Å². The minimum atomic E-state index is 0. The largest absolute Gasteiger partial charge is 1.41 e. The highest BCUT2D eigenvalue weighted by molar-refractivity contribution is 6.05. The molecule has 1 fully saturated rings. The van der Waals surface area contributed by atoms with Crippen LogP contribution in [0.15, 0.2) is 0 Å². The fourth-order valence-electron chi connectivity index (χ4n) is 0.604. The van der Waals surface area contributed by atoms with E-state index in [4.69, 9.17) is 0 Å². The third-order valence-corrected chi connectivity index (χ3v) is 0.957. The van der Waals surface area contributed by atoms with Crippen LogP contribution < -0.4 is 10.6 Å². The van der Waals surface area contributed by atoms with Crippen molar-refractivity contribution in [3.63, 3.8) is 0 Å². The number of rotatable bonds is 0. The summed E-state index contributed by atoms with van der Waals surface area (Å²) in [6, 6.07) is 0. The van der Waals surface area contributed by atoms with Gasteiger partial charge in [0.1, 0.15) is 0 Å². The Morgan fingerprint density at radius 2 is 1.11 bits per heavy atom. The standard InChI is InChI=1S/C4H10N2.CH3.ClH.Mg/c1-2-6-4-3-5-1;;;/h5-6H,1-4H2;1H3;1H;/q;;;+2. The second kappa shape index (κ2) is 11.7. The number of hydrogen-bond donors (Lipinski definition) is 2. The number of piperazine rings is 1. The van der Waals surface area contributed by atoms with Crippen molar-refractivity contribution in [2.75, 3.05) is 26.2 Å². The molecule has 0 saturated carbocycles. The molecule has 0 aromatic rings. The van der Waals surface area contributed by atoms with Crippen molar-refractivity contribution in [3.8, 4) is 0 Å². The molecule has 0 spiro atoms. The monoisotopic (exact) mass is 161 g/mol. The number of nitrogens with one attached hydrogen (secondary N) is 2. The molecule has 0 amide bonds. The van der Waals surface area contributed by atoms with E-state index >= 15 is 0 Å². The highest BCUT2D eigenvalue weighted by atomic mass is 35.5. The van der Waals surface area contributed by atoms with Crippen LogP contribution in [0, 0.1) is 0 Å². The first kappa shape index (κ1) is 12.6. The summed E-state index contributed by atoms with van der Waals surface area (Å²) in [5, 5.41) is 8.47. The minimum Gasteiger partial charge on any atom is -0.314 e. The summed E-state index contributed by atoms with van der Waals surface area (Å²) < 4.78 is 0. The summed E-state index contributed by atoms with van der Waals surface area (Å²) in [5.74, 6) is 0. The number of hydrogen-bond acceptors (Lipinski definition) is 2. The zero-order valence-corrected chi connectivity index (χ0v) is 8.17. The SMILES string of the molecule is C1CNCCN1.Cl.[CH3][Mg+2]. The highest BCUT2D eigenvalue weighted by Crippen LogP contribution is 1.65. The van der Waals surface area contributed by atoms with Gasteiger partial charge >= 0.3 is 21.7 Å². The molecule has 9 heavy (non-hydrogen) atoms. The van der Waals surface area contributed by atoms with Crippen molar-refractivity contribution in [2.24, 2.45) is 0 Å². The van der Waals surface area contributed by atoms with Crippen molar-refractivity contribution in [1.82, 2.24) is 10.6 Å². The van der Waals surface area contributed by atoms with Gasteiger partial charge in [0, 0.05) is 26.2 Å². The van der Waals surface area contributed by atoms with Crippen molar-refractivity contribution in [1.29, 1.82) is 0 Å². The Balaban J connectivity index is 0. The average molecular weight is 162 g/mol. The minimum absolute atomic E-state index is 0. The topological polar surface area (TPSA) is 24.1 Å². The molecule has 0 bridgehead atoms. The Bertz CT molecular complexity index is 30.4. The van der Waals surface area contributed by atoms with Crippen LogP contribution in [0.3, 0.4) is 0 Å². The lowest BCUT2D eigenvalue weighted by molar-refractivity contribution is 0.534. The number of halogens is 1. The van der Waals surface area contributed by atoms with E-state index in [-0.39, 0.29) is 12.4 Å². The molecule has 1 saturated heterocycles. The fraction of sp³-hybridized carbons (Fsp3) is 1.00. The summed E-state index contributed by atoms with van der Waals surface area (Å²) in [4.78, 5) is 0. The van der Waals surface area contributed by atoms with Crippen LogP contribution in [-0.4, -0.2) is 47.9 Å². The van der Waals surface area contributed by atoms with Crippen LogP contribution >= 0.6 is 12.4 Å². The first-order valence-electron chi connectivity index (χ1n) is 3.12.